The number of ether oxygens (including phenoxy) is 1. The smallest absolute Gasteiger partial charge is 0.302 e. The van der Waals surface area contributed by atoms with Gasteiger partial charge in [-0.3, -0.25) is 19.2 Å². The van der Waals surface area contributed by atoms with Crippen LogP contribution in [0.15, 0.2) is 24.3 Å². The summed E-state index contributed by atoms with van der Waals surface area (Å²) in [5.74, 6) is -2.34. The molecule has 4 N–H and O–H groups in total. The third kappa shape index (κ3) is 7.58. The highest BCUT2D eigenvalue weighted by Crippen LogP contribution is 2.11. The van der Waals surface area contributed by atoms with Crippen LogP contribution in [0.25, 0.3) is 0 Å². The Morgan fingerprint density at radius 2 is 1.80 bits per heavy atom. The topological polar surface area (TPSA) is 128 Å². The van der Waals surface area contributed by atoms with Crippen LogP contribution < -0.4 is 16.4 Å². The summed E-state index contributed by atoms with van der Waals surface area (Å²) in [6, 6.07) is 5.81. The number of hydrogen-bond acceptors (Lipinski definition) is 6. The summed E-state index contributed by atoms with van der Waals surface area (Å²) >= 11 is 0. The minimum atomic E-state index is -0.775. The first-order chi connectivity index (χ1) is 11.8. The molecule has 1 atom stereocenters. The van der Waals surface area contributed by atoms with E-state index in [0.29, 0.717) is 12.2 Å². The van der Waals surface area contributed by atoms with E-state index in [9.17, 15) is 19.2 Å². The SMILES string of the molecule is CCN[C@@H](CCC(N)=O)C(=O)C(=O)Nc1ccc(COC(C)=O)cc1. The predicted octanol–water partition coefficient (Wildman–Crippen LogP) is 0.501. The Morgan fingerprint density at radius 3 is 2.32 bits per heavy atom. The second-order valence-electron chi connectivity index (χ2n) is 5.41. The molecule has 0 saturated heterocycles. The van der Waals surface area contributed by atoms with E-state index < -0.39 is 23.6 Å². The molecule has 0 aromatic heterocycles. The summed E-state index contributed by atoms with van der Waals surface area (Å²) < 4.78 is 4.87. The lowest BCUT2D eigenvalue weighted by Gasteiger charge is -2.15. The van der Waals surface area contributed by atoms with E-state index in [1.807, 2.05) is 0 Å². The van der Waals surface area contributed by atoms with Gasteiger partial charge in [-0.15, -0.1) is 0 Å². The molecular formula is C17H23N3O5. The van der Waals surface area contributed by atoms with Crippen molar-refractivity contribution in [2.45, 2.75) is 39.3 Å². The zero-order chi connectivity index (χ0) is 18.8. The van der Waals surface area contributed by atoms with Gasteiger partial charge in [0.2, 0.25) is 11.7 Å². The van der Waals surface area contributed by atoms with Gasteiger partial charge in [-0.25, -0.2) is 0 Å². The van der Waals surface area contributed by atoms with Gasteiger partial charge in [-0.2, -0.15) is 0 Å². The minimum absolute atomic E-state index is 0.0154. The van der Waals surface area contributed by atoms with Crippen LogP contribution in [-0.2, 0) is 30.5 Å². The Labute approximate surface area is 146 Å². The van der Waals surface area contributed by atoms with Crippen LogP contribution in [0, 0.1) is 0 Å². The lowest BCUT2D eigenvalue weighted by atomic mass is 10.1. The van der Waals surface area contributed by atoms with Crippen LogP contribution in [0.5, 0.6) is 0 Å². The average Bonchev–Trinajstić information content (AvgIpc) is 2.57. The van der Waals surface area contributed by atoms with Gasteiger partial charge in [0.15, 0.2) is 0 Å². The number of esters is 1. The first-order valence-corrected chi connectivity index (χ1v) is 7.92. The number of carbonyl (C=O) groups excluding carboxylic acids is 4. The van der Waals surface area contributed by atoms with Gasteiger partial charge in [0.1, 0.15) is 6.61 Å². The maximum atomic E-state index is 12.2. The summed E-state index contributed by atoms with van der Waals surface area (Å²) in [7, 11) is 0. The highest BCUT2D eigenvalue weighted by molar-refractivity contribution is 6.42. The molecule has 0 radical (unpaired) electrons. The van der Waals surface area contributed by atoms with Gasteiger partial charge >= 0.3 is 5.97 Å². The van der Waals surface area contributed by atoms with E-state index in [0.717, 1.165) is 5.56 Å². The van der Waals surface area contributed by atoms with E-state index >= 15 is 0 Å². The van der Waals surface area contributed by atoms with Crippen molar-refractivity contribution >= 4 is 29.3 Å². The van der Waals surface area contributed by atoms with E-state index in [-0.39, 0.29) is 25.4 Å². The van der Waals surface area contributed by atoms with Crippen LogP contribution in [-0.4, -0.2) is 36.2 Å². The number of rotatable bonds is 10. The number of benzene rings is 1. The number of likely N-dealkylation sites (N-methyl/N-ethyl adjacent to an activating group) is 1. The van der Waals surface area contributed by atoms with Crippen molar-refractivity contribution in [1.82, 2.24) is 5.32 Å². The van der Waals surface area contributed by atoms with Crippen molar-refractivity contribution in [3.63, 3.8) is 0 Å². The zero-order valence-corrected chi connectivity index (χ0v) is 14.3. The van der Waals surface area contributed by atoms with E-state index in [4.69, 9.17) is 10.5 Å². The number of ketones is 1. The van der Waals surface area contributed by atoms with Crippen molar-refractivity contribution < 1.29 is 23.9 Å². The Bertz CT molecular complexity index is 628. The molecule has 2 amide bonds. The Balaban J connectivity index is 2.64. The van der Waals surface area contributed by atoms with Crippen LogP contribution in [0.1, 0.15) is 32.3 Å². The maximum Gasteiger partial charge on any atom is 0.302 e. The summed E-state index contributed by atoms with van der Waals surface area (Å²) in [4.78, 5) is 45.9. The van der Waals surface area contributed by atoms with Gasteiger partial charge in [-0.05, 0) is 30.7 Å². The van der Waals surface area contributed by atoms with Crippen molar-refractivity contribution in [3.05, 3.63) is 29.8 Å². The number of nitrogens with two attached hydrogens (primary N) is 1. The lowest BCUT2D eigenvalue weighted by molar-refractivity contribution is -0.142. The van der Waals surface area contributed by atoms with Crippen molar-refractivity contribution in [1.29, 1.82) is 0 Å². The fourth-order valence-corrected chi connectivity index (χ4v) is 2.08. The normalized spacial score (nSPS) is 11.4. The molecule has 0 heterocycles. The highest BCUT2D eigenvalue weighted by atomic mass is 16.5. The molecule has 0 aliphatic heterocycles. The number of carbonyl (C=O) groups is 4. The minimum Gasteiger partial charge on any atom is -0.461 e. The van der Waals surface area contributed by atoms with Crippen LogP contribution in [0.4, 0.5) is 5.69 Å². The van der Waals surface area contributed by atoms with Gasteiger partial charge in [0, 0.05) is 19.0 Å². The third-order valence-corrected chi connectivity index (χ3v) is 3.32. The van der Waals surface area contributed by atoms with Crippen LogP contribution >= 0.6 is 0 Å². The standard InChI is InChI=1S/C17H23N3O5/c1-3-19-14(8-9-15(18)22)16(23)17(24)20-13-6-4-12(5-7-13)10-25-11(2)21/h4-7,14,19H,3,8-10H2,1-2H3,(H2,18,22)(H,20,24)/t14-/m0/s1. The molecule has 1 aromatic carbocycles. The Kier molecular flexibility index (Phi) is 8.28. The molecule has 1 aromatic rings. The van der Waals surface area contributed by atoms with Gasteiger partial charge in [0.25, 0.3) is 5.91 Å². The fourth-order valence-electron chi connectivity index (χ4n) is 2.08. The summed E-state index contributed by atoms with van der Waals surface area (Å²) in [5.41, 5.74) is 6.28. The molecule has 0 saturated carbocycles. The van der Waals surface area contributed by atoms with Crippen molar-refractivity contribution in [3.8, 4) is 0 Å². The molecule has 0 fully saturated rings. The van der Waals surface area contributed by atoms with Crippen molar-refractivity contribution in [2.75, 3.05) is 11.9 Å². The first-order valence-electron chi connectivity index (χ1n) is 7.92. The molecule has 136 valence electrons. The van der Waals surface area contributed by atoms with Gasteiger partial charge in [0.05, 0.1) is 6.04 Å². The van der Waals surface area contributed by atoms with Crippen LogP contribution in [0.3, 0.4) is 0 Å². The number of Topliss-reactive ketones (excluding diaryl/α,β-unsaturated/α-hetero) is 1. The number of anilines is 1. The van der Waals surface area contributed by atoms with E-state index in [1.54, 1.807) is 31.2 Å². The second-order valence-corrected chi connectivity index (χ2v) is 5.41. The third-order valence-electron chi connectivity index (χ3n) is 3.32. The molecule has 0 bridgehead atoms. The lowest BCUT2D eigenvalue weighted by Crippen LogP contribution is -2.43. The number of hydrogen-bond donors (Lipinski definition) is 3. The molecule has 0 spiro atoms. The molecule has 0 aliphatic carbocycles. The van der Waals surface area contributed by atoms with Crippen LogP contribution in [0.2, 0.25) is 0 Å². The summed E-state index contributed by atoms with van der Waals surface area (Å²) in [5, 5.41) is 5.38. The number of primary amides is 1. The predicted molar refractivity (Wildman–Crippen MR) is 91.4 cm³/mol. The highest BCUT2D eigenvalue weighted by Gasteiger charge is 2.24. The van der Waals surface area contributed by atoms with E-state index in [2.05, 4.69) is 10.6 Å². The second kappa shape index (κ2) is 10.2. The fraction of sp³-hybridized carbons (Fsp3) is 0.412. The largest absolute Gasteiger partial charge is 0.461 e. The van der Waals surface area contributed by atoms with Gasteiger partial charge < -0.3 is 21.1 Å². The molecule has 8 heteroatoms. The molecule has 25 heavy (non-hydrogen) atoms. The van der Waals surface area contributed by atoms with Gasteiger partial charge in [-0.1, -0.05) is 19.1 Å². The average molecular weight is 349 g/mol. The quantitative estimate of drug-likeness (QED) is 0.417. The molecule has 0 aliphatic rings. The Hall–Kier alpha value is -2.74. The zero-order valence-electron chi connectivity index (χ0n) is 14.3. The summed E-state index contributed by atoms with van der Waals surface area (Å²) in [6.45, 7) is 3.73. The van der Waals surface area contributed by atoms with Crippen molar-refractivity contribution in [2.24, 2.45) is 5.73 Å². The molecule has 8 nitrogen and oxygen atoms in total. The maximum absolute atomic E-state index is 12.2. The number of nitrogens with one attached hydrogen (secondary N) is 2. The Morgan fingerprint density at radius 1 is 1.16 bits per heavy atom. The number of amides is 2. The molecule has 0 unspecified atom stereocenters. The monoisotopic (exact) mass is 349 g/mol. The first kappa shape index (κ1) is 20.3. The molecule has 1 rings (SSSR count). The van der Waals surface area contributed by atoms with E-state index in [1.165, 1.54) is 6.92 Å². The molecular weight excluding hydrogens is 326 g/mol. The summed E-state index contributed by atoms with van der Waals surface area (Å²) in [6.07, 6.45) is 0.179.